The molecule has 2 aromatic rings. The topological polar surface area (TPSA) is 68.1 Å². The smallest absolute Gasteiger partial charge is 0.222 e. The van der Waals surface area contributed by atoms with E-state index in [2.05, 4.69) is 38.4 Å². The average molecular weight is 356 g/mol. The molecule has 1 N–H and O–H groups in total. The lowest BCUT2D eigenvalue weighted by Crippen LogP contribution is -2.64. The van der Waals surface area contributed by atoms with E-state index >= 15 is 0 Å². The molecule has 140 valence electrons. The first-order valence-corrected chi connectivity index (χ1v) is 9.57. The minimum Gasteiger partial charge on any atom is -0.372 e. The molecule has 7 nitrogen and oxygen atoms in total. The Kier molecular flexibility index (Phi) is 4.91. The third-order valence-electron chi connectivity index (χ3n) is 5.56. The second-order valence-corrected chi connectivity index (χ2v) is 7.55. The Labute approximate surface area is 154 Å². The van der Waals surface area contributed by atoms with E-state index in [-0.39, 0.29) is 5.60 Å². The normalized spacial score (nSPS) is 21.8. The first-order valence-electron chi connectivity index (χ1n) is 9.57. The summed E-state index contributed by atoms with van der Waals surface area (Å²) >= 11 is 0. The summed E-state index contributed by atoms with van der Waals surface area (Å²) in [7, 11) is 0. The fraction of sp³-hybridized carbons (Fsp3) is 0.632. The Hall–Kier alpha value is -1.99. The van der Waals surface area contributed by atoms with Gasteiger partial charge in [0.05, 0.1) is 11.8 Å². The molecule has 0 unspecified atom stereocenters. The van der Waals surface area contributed by atoms with Gasteiger partial charge in [0.1, 0.15) is 0 Å². The van der Waals surface area contributed by atoms with Crippen LogP contribution in [0.25, 0.3) is 0 Å². The molecule has 2 saturated heterocycles. The summed E-state index contributed by atoms with van der Waals surface area (Å²) in [4.78, 5) is 11.1. The molecule has 0 bridgehead atoms. The Balaban J connectivity index is 1.25. The zero-order valence-electron chi connectivity index (χ0n) is 15.7. The molecule has 0 amide bonds. The summed E-state index contributed by atoms with van der Waals surface area (Å²) < 4.78 is 8.17. The van der Waals surface area contributed by atoms with Crippen LogP contribution in [0.5, 0.6) is 0 Å². The summed E-state index contributed by atoms with van der Waals surface area (Å²) in [6, 6.07) is 0. The third-order valence-corrected chi connectivity index (χ3v) is 5.56. The van der Waals surface area contributed by atoms with E-state index < -0.39 is 0 Å². The van der Waals surface area contributed by atoms with Gasteiger partial charge in [-0.25, -0.2) is 9.97 Å². The van der Waals surface area contributed by atoms with Crippen molar-refractivity contribution in [2.75, 3.05) is 31.6 Å². The molecule has 1 atom stereocenters. The number of rotatable bonds is 7. The highest BCUT2D eigenvalue weighted by molar-refractivity contribution is 5.24. The number of hydrogen-bond acceptors (Lipinski definition) is 6. The van der Waals surface area contributed by atoms with Gasteiger partial charge in [0.15, 0.2) is 0 Å². The molecule has 7 heteroatoms. The molecule has 2 aliphatic rings. The predicted octanol–water partition coefficient (Wildman–Crippen LogP) is 2.09. The summed E-state index contributed by atoms with van der Waals surface area (Å²) in [6.45, 7) is 9.82. The van der Waals surface area contributed by atoms with Crippen molar-refractivity contribution in [3.8, 4) is 0 Å². The van der Waals surface area contributed by atoms with Crippen LogP contribution >= 0.6 is 0 Å². The summed E-state index contributed by atoms with van der Waals surface area (Å²) in [6.07, 6.45) is 10.1. The number of ether oxygens (including phenoxy) is 1. The fourth-order valence-electron chi connectivity index (χ4n) is 4.13. The van der Waals surface area contributed by atoms with E-state index in [9.17, 15) is 0 Å². The van der Waals surface area contributed by atoms with Gasteiger partial charge in [-0.05, 0) is 38.2 Å². The van der Waals surface area contributed by atoms with Gasteiger partial charge in [0.25, 0.3) is 0 Å². The molecule has 0 radical (unpaired) electrons. The molecule has 26 heavy (non-hydrogen) atoms. The Morgan fingerprint density at radius 1 is 1.27 bits per heavy atom. The van der Waals surface area contributed by atoms with Crippen molar-refractivity contribution in [1.29, 1.82) is 0 Å². The molecule has 0 aromatic carbocycles. The highest BCUT2D eigenvalue weighted by Gasteiger charge is 2.52. The van der Waals surface area contributed by atoms with Crippen molar-refractivity contribution in [2.24, 2.45) is 5.92 Å². The van der Waals surface area contributed by atoms with Crippen LogP contribution in [0.2, 0.25) is 0 Å². The fourth-order valence-corrected chi connectivity index (χ4v) is 4.13. The van der Waals surface area contributed by atoms with E-state index in [1.165, 1.54) is 5.56 Å². The largest absolute Gasteiger partial charge is 0.372 e. The van der Waals surface area contributed by atoms with Crippen molar-refractivity contribution in [3.63, 3.8) is 0 Å². The average Bonchev–Trinajstić information content (AvgIpc) is 3.24. The predicted molar refractivity (Wildman–Crippen MR) is 99.8 cm³/mol. The second kappa shape index (κ2) is 7.32. The molecule has 2 aromatic heterocycles. The molecule has 0 saturated carbocycles. The molecule has 0 aliphatic carbocycles. The molecular weight excluding hydrogens is 328 g/mol. The van der Waals surface area contributed by atoms with E-state index in [1.807, 2.05) is 30.2 Å². The number of nitrogens with one attached hydrogen (secondary N) is 1. The Morgan fingerprint density at radius 2 is 2.08 bits per heavy atom. The van der Waals surface area contributed by atoms with Crippen molar-refractivity contribution in [3.05, 3.63) is 35.9 Å². The van der Waals surface area contributed by atoms with Crippen LogP contribution in [-0.4, -0.2) is 56.5 Å². The lowest BCUT2D eigenvalue weighted by atomic mass is 9.79. The number of aryl methyl sites for hydroxylation is 2. The van der Waals surface area contributed by atoms with Crippen LogP contribution in [0.3, 0.4) is 0 Å². The standard InChI is InChI=1S/C19H28N6O/c1-3-25-12-16(10-23-25)11-24-13-19(14-24)17(5-7-26-19)4-6-20-18-21-8-15(2)9-22-18/h8-10,12,17H,3-7,11,13-14H2,1-2H3,(H,20,21,22)/t17-/m1/s1. The number of anilines is 1. The van der Waals surface area contributed by atoms with Gasteiger partial charge >= 0.3 is 0 Å². The molecule has 2 aliphatic heterocycles. The lowest BCUT2D eigenvalue weighted by Gasteiger charge is -2.50. The maximum absolute atomic E-state index is 6.18. The van der Waals surface area contributed by atoms with Gasteiger partial charge in [0.2, 0.25) is 5.95 Å². The summed E-state index contributed by atoms with van der Waals surface area (Å²) in [5, 5.41) is 7.71. The van der Waals surface area contributed by atoms with Gasteiger partial charge < -0.3 is 10.1 Å². The lowest BCUT2D eigenvalue weighted by molar-refractivity contribution is -0.136. The molecular formula is C19H28N6O. The van der Waals surface area contributed by atoms with E-state index in [0.717, 1.165) is 57.7 Å². The number of aromatic nitrogens is 4. The van der Waals surface area contributed by atoms with Crippen LogP contribution in [0.4, 0.5) is 5.95 Å². The van der Waals surface area contributed by atoms with Gasteiger partial charge in [0, 0.05) is 63.5 Å². The SMILES string of the molecule is CCn1cc(CN2CC3(C2)OCC[C@H]3CCNc2ncc(C)cn2)cn1. The first-order chi connectivity index (χ1) is 12.7. The van der Waals surface area contributed by atoms with Crippen molar-refractivity contribution >= 4 is 5.95 Å². The van der Waals surface area contributed by atoms with Crippen LogP contribution in [0.15, 0.2) is 24.8 Å². The maximum atomic E-state index is 6.18. The van der Waals surface area contributed by atoms with Gasteiger partial charge in [-0.2, -0.15) is 5.10 Å². The third kappa shape index (κ3) is 3.59. The molecule has 4 rings (SSSR count). The summed E-state index contributed by atoms with van der Waals surface area (Å²) in [5.74, 6) is 1.32. The highest BCUT2D eigenvalue weighted by Crippen LogP contribution is 2.42. The van der Waals surface area contributed by atoms with Crippen molar-refractivity contribution in [2.45, 2.75) is 45.4 Å². The van der Waals surface area contributed by atoms with Gasteiger partial charge in [-0.15, -0.1) is 0 Å². The molecule has 4 heterocycles. The first kappa shape index (κ1) is 17.4. The van der Waals surface area contributed by atoms with Crippen LogP contribution < -0.4 is 5.32 Å². The number of nitrogens with zero attached hydrogens (tertiary/aromatic N) is 5. The minimum absolute atomic E-state index is 0.0521. The Morgan fingerprint density at radius 3 is 2.81 bits per heavy atom. The van der Waals surface area contributed by atoms with Crippen LogP contribution in [0.1, 0.15) is 30.9 Å². The van der Waals surface area contributed by atoms with Crippen LogP contribution in [0, 0.1) is 12.8 Å². The van der Waals surface area contributed by atoms with E-state index in [4.69, 9.17) is 4.74 Å². The minimum atomic E-state index is 0.0521. The summed E-state index contributed by atoms with van der Waals surface area (Å²) in [5.41, 5.74) is 2.42. The van der Waals surface area contributed by atoms with Crippen LogP contribution in [-0.2, 0) is 17.8 Å². The van der Waals surface area contributed by atoms with Gasteiger partial charge in [-0.3, -0.25) is 9.58 Å². The van der Waals surface area contributed by atoms with Crippen molar-refractivity contribution in [1.82, 2.24) is 24.6 Å². The zero-order chi connectivity index (χ0) is 18.0. The molecule has 2 fully saturated rings. The highest BCUT2D eigenvalue weighted by atomic mass is 16.5. The monoisotopic (exact) mass is 356 g/mol. The molecule has 1 spiro atoms. The van der Waals surface area contributed by atoms with E-state index in [0.29, 0.717) is 11.9 Å². The number of likely N-dealkylation sites (tertiary alicyclic amines) is 1. The zero-order valence-corrected chi connectivity index (χ0v) is 15.7. The quantitative estimate of drug-likeness (QED) is 0.819. The second-order valence-electron chi connectivity index (χ2n) is 7.55. The van der Waals surface area contributed by atoms with Crippen molar-refractivity contribution < 1.29 is 4.74 Å². The number of hydrogen-bond donors (Lipinski definition) is 1. The Bertz CT molecular complexity index is 722. The van der Waals surface area contributed by atoms with Gasteiger partial charge in [-0.1, -0.05) is 0 Å². The maximum Gasteiger partial charge on any atom is 0.222 e. The van der Waals surface area contributed by atoms with E-state index in [1.54, 1.807) is 0 Å².